The first-order valence-electron chi connectivity index (χ1n) is 5.63. The molecule has 1 aromatic rings. The molecule has 2 N–H and O–H groups in total. The fourth-order valence-corrected chi connectivity index (χ4v) is 2.08. The predicted octanol–water partition coefficient (Wildman–Crippen LogP) is 1.54. The summed E-state index contributed by atoms with van der Waals surface area (Å²) < 4.78 is 6.40. The zero-order valence-electron chi connectivity index (χ0n) is 9.69. The summed E-state index contributed by atoms with van der Waals surface area (Å²) in [6.07, 6.45) is 3.37. The molecule has 5 nitrogen and oxygen atoms in total. The number of esters is 1. The minimum atomic E-state index is -0.388. The summed E-state index contributed by atoms with van der Waals surface area (Å²) in [5.41, 5.74) is 7.29. The standard InChI is InChI=1S/C11H17N3O2/c1-3-14-10(12)8(7-5-4-6-7)9(13-14)11(15)16-2/h7H,3-6,12H2,1-2H3. The van der Waals surface area contributed by atoms with Crippen LogP contribution < -0.4 is 5.73 Å². The largest absolute Gasteiger partial charge is 0.464 e. The zero-order valence-corrected chi connectivity index (χ0v) is 9.69. The van der Waals surface area contributed by atoms with Gasteiger partial charge in [0.05, 0.1) is 7.11 Å². The SMILES string of the molecule is CCn1nc(C(=O)OC)c(C2CCC2)c1N. The summed E-state index contributed by atoms with van der Waals surface area (Å²) in [5.74, 6) is 0.614. The molecule has 0 unspecified atom stereocenters. The summed E-state index contributed by atoms with van der Waals surface area (Å²) in [4.78, 5) is 11.6. The molecule has 16 heavy (non-hydrogen) atoms. The number of ether oxygens (including phenoxy) is 1. The Balaban J connectivity index is 2.44. The third-order valence-electron chi connectivity index (χ3n) is 3.22. The number of carbonyl (C=O) groups excluding carboxylic acids is 1. The van der Waals surface area contributed by atoms with Crippen LogP contribution in [0.2, 0.25) is 0 Å². The van der Waals surface area contributed by atoms with Crippen molar-refractivity contribution in [2.24, 2.45) is 0 Å². The van der Waals surface area contributed by atoms with Crippen LogP contribution in [-0.2, 0) is 11.3 Å². The van der Waals surface area contributed by atoms with Gasteiger partial charge in [-0.3, -0.25) is 0 Å². The van der Waals surface area contributed by atoms with Crippen molar-refractivity contribution in [3.8, 4) is 0 Å². The van der Waals surface area contributed by atoms with Crippen molar-refractivity contribution >= 4 is 11.8 Å². The first-order valence-corrected chi connectivity index (χ1v) is 5.63. The molecule has 1 aromatic heterocycles. The Morgan fingerprint density at radius 1 is 1.62 bits per heavy atom. The van der Waals surface area contributed by atoms with Gasteiger partial charge in [0.15, 0.2) is 5.69 Å². The molecule has 5 heteroatoms. The second kappa shape index (κ2) is 4.15. The number of aryl methyl sites for hydroxylation is 1. The number of methoxy groups -OCH3 is 1. The van der Waals surface area contributed by atoms with Gasteiger partial charge in [0.25, 0.3) is 0 Å². The quantitative estimate of drug-likeness (QED) is 0.789. The predicted molar refractivity (Wildman–Crippen MR) is 60.2 cm³/mol. The van der Waals surface area contributed by atoms with Crippen molar-refractivity contribution < 1.29 is 9.53 Å². The van der Waals surface area contributed by atoms with E-state index in [1.54, 1.807) is 4.68 Å². The lowest BCUT2D eigenvalue weighted by atomic mass is 9.79. The molecular formula is C11H17N3O2. The molecule has 0 spiro atoms. The minimum absolute atomic E-state index is 0.384. The van der Waals surface area contributed by atoms with Crippen molar-refractivity contribution in [1.82, 2.24) is 9.78 Å². The monoisotopic (exact) mass is 223 g/mol. The topological polar surface area (TPSA) is 70.1 Å². The van der Waals surface area contributed by atoms with E-state index in [2.05, 4.69) is 5.10 Å². The number of anilines is 1. The van der Waals surface area contributed by atoms with E-state index < -0.39 is 0 Å². The van der Waals surface area contributed by atoms with Gasteiger partial charge in [-0.2, -0.15) is 5.10 Å². The number of hydrogen-bond donors (Lipinski definition) is 1. The maximum atomic E-state index is 11.6. The normalized spacial score (nSPS) is 15.9. The average molecular weight is 223 g/mol. The first-order chi connectivity index (χ1) is 7.69. The number of carbonyl (C=O) groups is 1. The zero-order chi connectivity index (χ0) is 11.7. The fraction of sp³-hybridized carbons (Fsp3) is 0.636. The van der Waals surface area contributed by atoms with Gasteiger partial charge < -0.3 is 10.5 Å². The molecule has 0 saturated heterocycles. The Hall–Kier alpha value is -1.52. The lowest BCUT2D eigenvalue weighted by Gasteiger charge is -2.25. The number of hydrogen-bond acceptors (Lipinski definition) is 4. The Morgan fingerprint density at radius 2 is 2.31 bits per heavy atom. The van der Waals surface area contributed by atoms with Crippen LogP contribution in [-0.4, -0.2) is 22.9 Å². The van der Waals surface area contributed by atoms with E-state index in [0.717, 1.165) is 18.4 Å². The molecule has 2 rings (SSSR count). The van der Waals surface area contributed by atoms with Crippen LogP contribution in [0.5, 0.6) is 0 Å². The number of nitrogens with zero attached hydrogens (tertiary/aromatic N) is 2. The lowest BCUT2D eigenvalue weighted by molar-refractivity contribution is 0.0590. The maximum Gasteiger partial charge on any atom is 0.358 e. The summed E-state index contributed by atoms with van der Waals surface area (Å²) in [5, 5.41) is 4.22. The van der Waals surface area contributed by atoms with Gasteiger partial charge in [0.2, 0.25) is 0 Å². The summed E-state index contributed by atoms with van der Waals surface area (Å²) in [6.45, 7) is 2.62. The molecule has 1 aliphatic rings. The molecular weight excluding hydrogens is 206 g/mol. The van der Waals surface area contributed by atoms with Crippen LogP contribution >= 0.6 is 0 Å². The van der Waals surface area contributed by atoms with Gasteiger partial charge in [-0.1, -0.05) is 6.42 Å². The van der Waals surface area contributed by atoms with E-state index in [0.29, 0.717) is 24.0 Å². The van der Waals surface area contributed by atoms with Crippen LogP contribution in [0.15, 0.2) is 0 Å². The van der Waals surface area contributed by atoms with E-state index in [9.17, 15) is 4.79 Å². The molecule has 1 aliphatic carbocycles. The molecule has 0 radical (unpaired) electrons. The molecule has 0 aromatic carbocycles. The van der Waals surface area contributed by atoms with Crippen LogP contribution in [0.3, 0.4) is 0 Å². The fourth-order valence-electron chi connectivity index (χ4n) is 2.08. The van der Waals surface area contributed by atoms with Crippen molar-refractivity contribution in [2.75, 3.05) is 12.8 Å². The molecule has 1 saturated carbocycles. The number of nitrogen functional groups attached to an aromatic ring is 1. The molecule has 0 bridgehead atoms. The lowest BCUT2D eigenvalue weighted by Crippen LogP contribution is -2.15. The molecule has 0 aliphatic heterocycles. The Morgan fingerprint density at radius 3 is 2.75 bits per heavy atom. The van der Waals surface area contributed by atoms with Crippen molar-refractivity contribution in [1.29, 1.82) is 0 Å². The van der Waals surface area contributed by atoms with Crippen molar-refractivity contribution in [3.05, 3.63) is 11.3 Å². The van der Waals surface area contributed by atoms with Gasteiger partial charge in [0.1, 0.15) is 5.82 Å². The Bertz CT molecular complexity index is 408. The van der Waals surface area contributed by atoms with Crippen molar-refractivity contribution in [2.45, 2.75) is 38.6 Å². The van der Waals surface area contributed by atoms with Gasteiger partial charge in [-0.05, 0) is 25.7 Å². The van der Waals surface area contributed by atoms with E-state index in [1.807, 2.05) is 6.92 Å². The highest BCUT2D eigenvalue weighted by Gasteiger charge is 2.31. The van der Waals surface area contributed by atoms with Gasteiger partial charge in [-0.15, -0.1) is 0 Å². The Kier molecular flexibility index (Phi) is 2.85. The molecule has 1 heterocycles. The first kappa shape index (κ1) is 11.0. The van der Waals surface area contributed by atoms with Gasteiger partial charge >= 0.3 is 5.97 Å². The van der Waals surface area contributed by atoms with Crippen LogP contribution in [0.1, 0.15) is 48.2 Å². The van der Waals surface area contributed by atoms with Crippen LogP contribution in [0.25, 0.3) is 0 Å². The highest BCUT2D eigenvalue weighted by molar-refractivity contribution is 5.90. The van der Waals surface area contributed by atoms with Crippen molar-refractivity contribution in [3.63, 3.8) is 0 Å². The highest BCUT2D eigenvalue weighted by atomic mass is 16.5. The van der Waals surface area contributed by atoms with Crippen LogP contribution in [0, 0.1) is 0 Å². The van der Waals surface area contributed by atoms with E-state index >= 15 is 0 Å². The molecule has 0 amide bonds. The van der Waals surface area contributed by atoms with Gasteiger partial charge in [0, 0.05) is 12.1 Å². The third kappa shape index (κ3) is 1.56. The molecule has 1 fully saturated rings. The average Bonchev–Trinajstić information content (AvgIpc) is 2.54. The molecule has 88 valence electrons. The van der Waals surface area contributed by atoms with Gasteiger partial charge in [-0.25, -0.2) is 9.48 Å². The van der Waals surface area contributed by atoms with E-state index in [4.69, 9.17) is 10.5 Å². The maximum absolute atomic E-state index is 11.6. The smallest absolute Gasteiger partial charge is 0.358 e. The summed E-state index contributed by atoms with van der Waals surface area (Å²) in [7, 11) is 1.37. The molecule has 0 atom stereocenters. The second-order valence-electron chi connectivity index (χ2n) is 4.08. The highest BCUT2D eigenvalue weighted by Crippen LogP contribution is 2.40. The number of aromatic nitrogens is 2. The third-order valence-corrected chi connectivity index (χ3v) is 3.22. The van der Waals surface area contributed by atoms with E-state index in [1.165, 1.54) is 13.5 Å². The minimum Gasteiger partial charge on any atom is -0.464 e. The van der Waals surface area contributed by atoms with Crippen LogP contribution in [0.4, 0.5) is 5.82 Å². The summed E-state index contributed by atoms with van der Waals surface area (Å²) >= 11 is 0. The Labute approximate surface area is 94.6 Å². The van der Waals surface area contributed by atoms with E-state index in [-0.39, 0.29) is 5.97 Å². The number of nitrogens with two attached hydrogens (primary N) is 1. The summed E-state index contributed by atoms with van der Waals surface area (Å²) in [6, 6.07) is 0. The number of rotatable bonds is 3. The second-order valence-corrected chi connectivity index (χ2v) is 4.08.